The number of phenolic OH excluding ortho intramolecular Hbond substituents is 2. The fraction of sp³-hybridized carbons (Fsp3) is 0.744. The molecule has 10 nitrogen and oxygen atoms in total. The third-order valence-corrected chi connectivity index (χ3v) is 7.81. The molecule has 0 amide bonds. The first-order valence-corrected chi connectivity index (χ1v) is 18.5. The highest BCUT2D eigenvalue weighted by molar-refractivity contribution is 5.67. The van der Waals surface area contributed by atoms with Crippen LogP contribution in [0.5, 0.6) is 11.5 Å². The van der Waals surface area contributed by atoms with E-state index in [0.717, 1.165) is 70.8 Å². The van der Waals surface area contributed by atoms with Gasteiger partial charge in [0.05, 0.1) is 0 Å². The summed E-state index contributed by atoms with van der Waals surface area (Å²) >= 11 is 0. The molecule has 49 heavy (non-hydrogen) atoms. The van der Waals surface area contributed by atoms with E-state index in [1.165, 1.54) is 110 Å². The number of unbranched alkanes of at least 4 members (excludes halogenated alkanes) is 17. The van der Waals surface area contributed by atoms with Gasteiger partial charge in [0.15, 0.2) is 0 Å². The number of carbonyl (C=O) groups is 4. The molecule has 1 rings (SSSR count). The summed E-state index contributed by atoms with van der Waals surface area (Å²) in [6.45, 7) is 7.26. The Balaban J connectivity index is 0. The molecule has 1 aromatic carbocycles. The molecule has 1 aromatic rings. The zero-order valence-corrected chi connectivity index (χ0v) is 31.2. The number of aryl methyl sites for hydroxylation is 1. The van der Waals surface area contributed by atoms with E-state index in [4.69, 9.17) is 29.3 Å². The van der Waals surface area contributed by atoms with Crippen molar-refractivity contribution in [1.82, 2.24) is 0 Å². The number of hydrogen-bond donors (Lipinski definition) is 4. The molecule has 0 bridgehead atoms. The molecule has 2 unspecified atom stereocenters. The van der Waals surface area contributed by atoms with E-state index in [2.05, 4.69) is 6.92 Å². The van der Waals surface area contributed by atoms with Crippen LogP contribution in [0.25, 0.3) is 0 Å². The number of carboxylic acids is 2. The first-order valence-electron chi connectivity index (χ1n) is 18.5. The molecule has 10 heteroatoms. The maximum atomic E-state index is 11.7. The molecule has 0 heterocycles. The van der Waals surface area contributed by atoms with Gasteiger partial charge in [-0.05, 0) is 56.2 Å². The van der Waals surface area contributed by atoms with Crippen LogP contribution in [-0.2, 0) is 35.1 Å². The zero-order chi connectivity index (χ0) is 37.3. The van der Waals surface area contributed by atoms with Crippen molar-refractivity contribution in [2.24, 2.45) is 0 Å². The monoisotopic (exact) mass is 696 g/mol. The molecule has 0 saturated carbocycles. The molecule has 0 saturated heterocycles. The minimum atomic E-state index is -0.833. The number of rotatable bonds is 26. The molecule has 0 aliphatic rings. The molecule has 4 N–H and O–H groups in total. The van der Waals surface area contributed by atoms with Crippen molar-refractivity contribution >= 4 is 23.9 Å². The normalized spacial score (nSPS) is 11.6. The summed E-state index contributed by atoms with van der Waals surface area (Å²) in [5.41, 5.74) is 1.00. The summed E-state index contributed by atoms with van der Waals surface area (Å²) in [7, 11) is 0. The summed E-state index contributed by atoms with van der Waals surface area (Å²) < 4.78 is 11.2. The molecule has 0 fully saturated rings. The van der Waals surface area contributed by atoms with E-state index in [1.54, 1.807) is 12.1 Å². The number of aromatic hydroxyl groups is 2. The number of benzene rings is 1. The molecule has 284 valence electrons. The van der Waals surface area contributed by atoms with Crippen LogP contribution in [0.15, 0.2) is 18.2 Å². The summed E-state index contributed by atoms with van der Waals surface area (Å²) in [5.74, 6) is -2.00. The number of carbonyl (C=O) groups excluding carboxylic acids is 2. The van der Waals surface area contributed by atoms with Crippen LogP contribution in [0.4, 0.5) is 0 Å². The molecule has 0 aliphatic carbocycles. The van der Waals surface area contributed by atoms with Crippen LogP contribution < -0.4 is 0 Å². The number of phenols is 2. The van der Waals surface area contributed by atoms with Crippen molar-refractivity contribution in [1.29, 1.82) is 0 Å². The molecule has 0 radical (unpaired) electrons. The lowest BCUT2D eigenvalue weighted by Gasteiger charge is -2.26. The molecular formula is C39H68O10. The lowest BCUT2D eigenvalue weighted by Crippen LogP contribution is -2.34. The van der Waals surface area contributed by atoms with Crippen LogP contribution >= 0.6 is 0 Å². The molecule has 0 aliphatic heterocycles. The third kappa shape index (κ3) is 37.4. The highest BCUT2D eigenvalue weighted by Gasteiger charge is 2.26. The van der Waals surface area contributed by atoms with Gasteiger partial charge in [0.1, 0.15) is 23.7 Å². The number of ether oxygens (including phenoxy) is 2. The highest BCUT2D eigenvalue weighted by Crippen LogP contribution is 2.23. The number of hydrogen-bond acceptors (Lipinski definition) is 8. The molecular weight excluding hydrogens is 628 g/mol. The van der Waals surface area contributed by atoms with Gasteiger partial charge in [-0.15, -0.1) is 0 Å². The molecule has 0 aromatic heterocycles. The second-order valence-corrected chi connectivity index (χ2v) is 12.9. The Morgan fingerprint density at radius 1 is 0.510 bits per heavy atom. The van der Waals surface area contributed by atoms with Crippen molar-refractivity contribution in [2.75, 3.05) is 0 Å². The predicted octanol–water partition coefficient (Wildman–Crippen LogP) is 9.90. The zero-order valence-electron chi connectivity index (χ0n) is 31.2. The lowest BCUT2D eigenvalue weighted by atomic mass is 9.98. The summed E-state index contributed by atoms with van der Waals surface area (Å²) in [6, 6.07) is 4.84. The maximum Gasteiger partial charge on any atom is 0.303 e. The van der Waals surface area contributed by atoms with Gasteiger partial charge in [0.2, 0.25) is 0 Å². The topological polar surface area (TPSA) is 168 Å². The standard InChI is InChI=1S/C35H60O6.2C2H4O2/c1-4-5-6-7-18-21-24-34(40-29(2)36)35(41-30(3)37)25-22-19-16-14-12-10-8-9-11-13-15-17-20-23-31-26-32(38)28-33(39)27-31;2*1-2(3)4/h26-28,34-35,38-39H,4-25H2,1-3H3;2*1H3,(H,3,4). The van der Waals surface area contributed by atoms with Gasteiger partial charge in [-0.3, -0.25) is 19.2 Å². The van der Waals surface area contributed by atoms with Crippen LogP contribution in [0.3, 0.4) is 0 Å². The fourth-order valence-corrected chi connectivity index (χ4v) is 5.61. The van der Waals surface area contributed by atoms with Crippen molar-refractivity contribution in [3.63, 3.8) is 0 Å². The summed E-state index contributed by atoms with van der Waals surface area (Å²) in [6.07, 6.45) is 24.6. The van der Waals surface area contributed by atoms with Gasteiger partial charge < -0.3 is 29.9 Å². The van der Waals surface area contributed by atoms with Gasteiger partial charge in [-0.2, -0.15) is 0 Å². The Hall–Kier alpha value is -3.30. The number of aliphatic carboxylic acids is 2. The fourth-order valence-electron chi connectivity index (χ4n) is 5.61. The van der Waals surface area contributed by atoms with E-state index in [9.17, 15) is 19.8 Å². The Morgan fingerprint density at radius 2 is 0.796 bits per heavy atom. The Labute approximate surface area is 296 Å². The summed E-state index contributed by atoms with van der Waals surface area (Å²) in [5, 5.41) is 33.9. The maximum absolute atomic E-state index is 11.7. The third-order valence-electron chi connectivity index (χ3n) is 7.81. The highest BCUT2D eigenvalue weighted by atomic mass is 16.6. The van der Waals surface area contributed by atoms with E-state index in [1.807, 2.05) is 0 Å². The lowest BCUT2D eigenvalue weighted by molar-refractivity contribution is -0.166. The van der Waals surface area contributed by atoms with Crippen molar-refractivity contribution in [3.8, 4) is 11.5 Å². The Kier molecular flexibility index (Phi) is 32.4. The second-order valence-electron chi connectivity index (χ2n) is 12.9. The number of carboxylic acid groups (broad SMARTS) is 2. The summed E-state index contributed by atoms with van der Waals surface area (Å²) in [4.78, 5) is 41.4. The van der Waals surface area contributed by atoms with Gasteiger partial charge in [-0.25, -0.2) is 0 Å². The Morgan fingerprint density at radius 3 is 1.10 bits per heavy atom. The van der Waals surface area contributed by atoms with Gasteiger partial charge in [-0.1, -0.05) is 110 Å². The first kappa shape index (κ1) is 47.8. The number of esters is 2. The first-order chi connectivity index (χ1) is 23.3. The smallest absolute Gasteiger partial charge is 0.303 e. The van der Waals surface area contributed by atoms with Crippen molar-refractivity contribution in [3.05, 3.63) is 23.8 Å². The van der Waals surface area contributed by atoms with E-state index >= 15 is 0 Å². The Bertz CT molecular complexity index is 954. The SMILES string of the molecule is CC(=O)O.CC(=O)O.CCCCCCCCC(OC(C)=O)C(CCCCCCCCCCCCCCCc1cc(O)cc(O)c1)OC(C)=O. The predicted molar refractivity (Wildman–Crippen MR) is 194 cm³/mol. The van der Waals surface area contributed by atoms with Crippen LogP contribution in [-0.4, -0.2) is 56.5 Å². The van der Waals surface area contributed by atoms with Gasteiger partial charge in [0.25, 0.3) is 11.9 Å². The van der Waals surface area contributed by atoms with E-state index in [-0.39, 0.29) is 35.6 Å². The van der Waals surface area contributed by atoms with E-state index < -0.39 is 11.9 Å². The average Bonchev–Trinajstić information content (AvgIpc) is 2.98. The van der Waals surface area contributed by atoms with Crippen LogP contribution in [0, 0.1) is 0 Å². The van der Waals surface area contributed by atoms with Crippen molar-refractivity contribution < 1.29 is 49.1 Å². The van der Waals surface area contributed by atoms with Gasteiger partial charge in [0, 0.05) is 33.8 Å². The van der Waals surface area contributed by atoms with Crippen molar-refractivity contribution in [2.45, 2.75) is 188 Å². The van der Waals surface area contributed by atoms with E-state index in [0.29, 0.717) is 0 Å². The quantitative estimate of drug-likeness (QED) is 0.0540. The molecule has 0 spiro atoms. The second kappa shape index (κ2) is 33.2. The van der Waals surface area contributed by atoms with Crippen LogP contribution in [0.2, 0.25) is 0 Å². The molecule has 2 atom stereocenters. The average molecular weight is 697 g/mol. The minimum Gasteiger partial charge on any atom is -0.508 e. The van der Waals surface area contributed by atoms with Crippen LogP contribution in [0.1, 0.15) is 175 Å². The minimum absolute atomic E-state index is 0.136. The largest absolute Gasteiger partial charge is 0.508 e. The van der Waals surface area contributed by atoms with Gasteiger partial charge >= 0.3 is 11.9 Å².